The van der Waals surface area contributed by atoms with Gasteiger partial charge in [-0.05, 0) is 67.4 Å². The molecule has 3 heteroatoms. The molecule has 5 aromatic rings. The molecule has 0 saturated heterocycles. The molecule has 0 aliphatic carbocycles. The van der Waals surface area contributed by atoms with Crippen LogP contribution in [0.25, 0.3) is 44.6 Å². The lowest BCUT2D eigenvalue weighted by Gasteiger charge is -2.08. The van der Waals surface area contributed by atoms with Gasteiger partial charge in [0.15, 0.2) is 0 Å². The van der Waals surface area contributed by atoms with Gasteiger partial charge < -0.3 is 4.42 Å². The van der Waals surface area contributed by atoms with Crippen molar-refractivity contribution >= 4 is 22.1 Å². The highest BCUT2D eigenvalue weighted by Crippen LogP contribution is 2.33. The molecule has 0 unspecified atom stereocenters. The Morgan fingerprint density at radius 1 is 0.852 bits per heavy atom. The van der Waals surface area contributed by atoms with E-state index in [2.05, 4.69) is 9.97 Å². The second-order valence-electron chi connectivity index (χ2n) is 6.57. The Hall–Kier alpha value is -3.46. The SMILES string of the molecule is [2H]C([2H])([2H])c1cccc(C)c1-c1ccc2c(n1)oc1ccc(-c3ccccn3)cc12. The van der Waals surface area contributed by atoms with Crippen molar-refractivity contribution < 1.29 is 8.53 Å². The number of aromatic nitrogens is 2. The van der Waals surface area contributed by atoms with Gasteiger partial charge in [-0.2, -0.15) is 0 Å². The third kappa shape index (κ3) is 2.59. The molecule has 130 valence electrons. The monoisotopic (exact) mass is 353 g/mol. The molecule has 0 saturated carbocycles. The molecule has 0 aliphatic rings. The third-order valence-electron chi connectivity index (χ3n) is 4.83. The average Bonchev–Trinajstić information content (AvgIpc) is 3.10. The Kier molecular flexibility index (Phi) is 2.88. The van der Waals surface area contributed by atoms with Crippen LogP contribution >= 0.6 is 0 Å². The standard InChI is InChI=1S/C24H18N2O/c1-15-6-5-7-16(2)23(15)21-11-10-18-19-14-17(20-8-3-4-13-25-20)9-12-22(19)27-24(18)26-21/h3-14H,1-2H3/i1D3. The van der Waals surface area contributed by atoms with Crippen molar-refractivity contribution in [1.29, 1.82) is 0 Å². The van der Waals surface area contributed by atoms with Gasteiger partial charge in [-0.15, -0.1) is 0 Å². The van der Waals surface area contributed by atoms with Crippen LogP contribution in [-0.4, -0.2) is 9.97 Å². The summed E-state index contributed by atoms with van der Waals surface area (Å²) in [6.45, 7) is -0.322. The molecular weight excluding hydrogens is 332 g/mol. The quantitative estimate of drug-likeness (QED) is 0.372. The van der Waals surface area contributed by atoms with Crippen LogP contribution in [0.2, 0.25) is 0 Å². The van der Waals surface area contributed by atoms with E-state index < -0.39 is 6.85 Å². The van der Waals surface area contributed by atoms with Crippen molar-refractivity contribution in [3.8, 4) is 22.5 Å². The van der Waals surface area contributed by atoms with Crippen molar-refractivity contribution in [3.63, 3.8) is 0 Å². The zero-order valence-corrected chi connectivity index (χ0v) is 14.7. The van der Waals surface area contributed by atoms with E-state index in [9.17, 15) is 0 Å². The van der Waals surface area contributed by atoms with Gasteiger partial charge in [0.1, 0.15) is 5.58 Å². The normalized spacial score (nSPS) is 13.4. The van der Waals surface area contributed by atoms with Gasteiger partial charge in [0.05, 0.1) is 11.4 Å². The predicted molar refractivity (Wildman–Crippen MR) is 110 cm³/mol. The highest BCUT2D eigenvalue weighted by atomic mass is 16.3. The van der Waals surface area contributed by atoms with E-state index in [1.807, 2.05) is 61.5 Å². The van der Waals surface area contributed by atoms with Crippen LogP contribution in [0.3, 0.4) is 0 Å². The molecule has 0 aliphatic heterocycles. The topological polar surface area (TPSA) is 38.9 Å². The molecule has 2 aromatic carbocycles. The second-order valence-corrected chi connectivity index (χ2v) is 6.57. The summed E-state index contributed by atoms with van der Waals surface area (Å²) in [4.78, 5) is 9.10. The fraction of sp³-hybridized carbons (Fsp3) is 0.0833. The van der Waals surface area contributed by atoms with Crippen LogP contribution < -0.4 is 0 Å². The van der Waals surface area contributed by atoms with Gasteiger partial charge in [0.25, 0.3) is 0 Å². The minimum atomic E-state index is -2.22. The first-order valence-corrected chi connectivity index (χ1v) is 8.77. The Morgan fingerprint density at radius 3 is 2.63 bits per heavy atom. The van der Waals surface area contributed by atoms with Crippen LogP contribution in [0.1, 0.15) is 15.2 Å². The van der Waals surface area contributed by atoms with E-state index in [-0.39, 0.29) is 0 Å². The summed E-state index contributed by atoms with van der Waals surface area (Å²) in [7, 11) is 0. The summed E-state index contributed by atoms with van der Waals surface area (Å²) in [5.41, 5.74) is 5.49. The maximum atomic E-state index is 7.89. The molecule has 27 heavy (non-hydrogen) atoms. The van der Waals surface area contributed by atoms with Crippen LogP contribution in [-0.2, 0) is 0 Å². The van der Waals surface area contributed by atoms with Crippen molar-refractivity contribution in [3.05, 3.63) is 84.1 Å². The van der Waals surface area contributed by atoms with Crippen molar-refractivity contribution in [2.75, 3.05) is 0 Å². The number of nitrogens with zero attached hydrogens (tertiary/aromatic N) is 2. The Balaban J connectivity index is 1.69. The largest absolute Gasteiger partial charge is 0.438 e. The van der Waals surface area contributed by atoms with E-state index >= 15 is 0 Å². The smallest absolute Gasteiger partial charge is 0.227 e. The molecule has 5 rings (SSSR count). The second kappa shape index (κ2) is 6.06. The minimum absolute atomic E-state index is 0.294. The van der Waals surface area contributed by atoms with E-state index in [4.69, 9.17) is 8.53 Å². The highest BCUT2D eigenvalue weighted by Gasteiger charge is 2.13. The lowest BCUT2D eigenvalue weighted by atomic mass is 9.99. The fourth-order valence-electron chi connectivity index (χ4n) is 3.50. The number of benzene rings is 2. The summed E-state index contributed by atoms with van der Waals surface area (Å²) in [6, 6.07) is 20.9. The van der Waals surface area contributed by atoms with Gasteiger partial charge in [-0.25, -0.2) is 4.98 Å². The Bertz CT molecular complexity index is 1390. The molecule has 0 spiro atoms. The first-order valence-electron chi connectivity index (χ1n) is 10.3. The van der Waals surface area contributed by atoms with Crippen molar-refractivity contribution in [1.82, 2.24) is 9.97 Å². The average molecular weight is 353 g/mol. The number of aryl methyl sites for hydroxylation is 2. The summed E-state index contributed by atoms with van der Waals surface area (Å²) < 4.78 is 29.7. The van der Waals surface area contributed by atoms with E-state index in [0.29, 0.717) is 22.5 Å². The first-order chi connectivity index (χ1) is 14.4. The Labute approximate surface area is 161 Å². The number of hydrogen-bond acceptors (Lipinski definition) is 3. The van der Waals surface area contributed by atoms with E-state index in [1.54, 1.807) is 18.3 Å². The van der Waals surface area contributed by atoms with Crippen molar-refractivity contribution in [2.24, 2.45) is 0 Å². The number of fused-ring (bicyclic) bond motifs is 3. The van der Waals surface area contributed by atoms with E-state index in [1.165, 1.54) is 0 Å². The lowest BCUT2D eigenvalue weighted by Crippen LogP contribution is -1.90. The van der Waals surface area contributed by atoms with Gasteiger partial charge in [0, 0.05) is 32.2 Å². The molecule has 3 heterocycles. The molecular formula is C24H18N2O. The molecule has 0 N–H and O–H groups in total. The maximum Gasteiger partial charge on any atom is 0.227 e. The minimum Gasteiger partial charge on any atom is -0.438 e. The van der Waals surface area contributed by atoms with Crippen LogP contribution in [0.4, 0.5) is 0 Å². The third-order valence-corrected chi connectivity index (χ3v) is 4.83. The molecule has 0 radical (unpaired) electrons. The van der Waals surface area contributed by atoms with Crippen LogP contribution in [0, 0.1) is 13.8 Å². The summed E-state index contributed by atoms with van der Waals surface area (Å²) >= 11 is 0. The number of rotatable bonds is 2. The fourth-order valence-corrected chi connectivity index (χ4v) is 3.50. The number of furan rings is 1. The van der Waals surface area contributed by atoms with E-state index in [0.717, 1.165) is 33.2 Å². The predicted octanol–water partition coefficient (Wildman–Crippen LogP) is 6.33. The lowest BCUT2D eigenvalue weighted by molar-refractivity contribution is 0.654. The summed E-state index contributed by atoms with van der Waals surface area (Å²) in [6.07, 6.45) is 1.77. The molecule has 0 bridgehead atoms. The van der Waals surface area contributed by atoms with Gasteiger partial charge in [0.2, 0.25) is 5.71 Å². The molecule has 0 amide bonds. The summed E-state index contributed by atoms with van der Waals surface area (Å²) in [5, 5.41) is 1.84. The van der Waals surface area contributed by atoms with Crippen LogP contribution in [0.5, 0.6) is 0 Å². The Morgan fingerprint density at radius 2 is 1.78 bits per heavy atom. The highest BCUT2D eigenvalue weighted by molar-refractivity contribution is 6.05. The first kappa shape index (κ1) is 12.8. The molecule has 0 atom stereocenters. The van der Waals surface area contributed by atoms with Gasteiger partial charge in [-0.3, -0.25) is 4.98 Å². The van der Waals surface area contributed by atoms with Gasteiger partial charge in [-0.1, -0.05) is 24.3 Å². The maximum absolute atomic E-state index is 7.89. The molecule has 0 fully saturated rings. The number of pyridine rings is 2. The zero-order valence-electron chi connectivity index (χ0n) is 17.7. The molecule has 3 nitrogen and oxygen atoms in total. The summed E-state index contributed by atoms with van der Waals surface area (Å²) in [5.74, 6) is 0. The van der Waals surface area contributed by atoms with Crippen LogP contribution in [0.15, 0.2) is 77.3 Å². The molecule has 3 aromatic heterocycles. The van der Waals surface area contributed by atoms with Crippen molar-refractivity contribution in [2.45, 2.75) is 13.8 Å². The zero-order chi connectivity index (χ0) is 20.9. The number of hydrogen-bond donors (Lipinski definition) is 0. The van der Waals surface area contributed by atoms with Gasteiger partial charge >= 0.3 is 0 Å².